The average molecular weight is 274 g/mol. The van der Waals surface area contributed by atoms with E-state index in [0.717, 1.165) is 25.7 Å². The predicted molar refractivity (Wildman–Crippen MR) is 69.7 cm³/mol. The Kier molecular flexibility index (Phi) is 4.43. The molecule has 1 saturated heterocycles. The normalized spacial score (nSPS) is 29.3. The van der Waals surface area contributed by atoms with Crippen molar-refractivity contribution in [1.29, 1.82) is 0 Å². The Balaban J connectivity index is 1.87. The molecular formula is C13H22O4S. The van der Waals surface area contributed by atoms with Crippen LogP contribution in [0.5, 0.6) is 0 Å². The molecule has 0 aromatic heterocycles. The van der Waals surface area contributed by atoms with E-state index in [2.05, 4.69) is 4.74 Å². The molecule has 0 radical (unpaired) electrons. The van der Waals surface area contributed by atoms with Crippen molar-refractivity contribution >= 4 is 16.8 Å². The Morgan fingerprint density at radius 2 is 2.28 bits per heavy atom. The topological polar surface area (TPSA) is 52.6 Å². The van der Waals surface area contributed by atoms with Gasteiger partial charge in [-0.3, -0.25) is 9.00 Å². The van der Waals surface area contributed by atoms with Gasteiger partial charge in [-0.25, -0.2) is 0 Å². The van der Waals surface area contributed by atoms with Gasteiger partial charge < -0.3 is 9.47 Å². The van der Waals surface area contributed by atoms with Gasteiger partial charge in [0.05, 0.1) is 18.6 Å². The van der Waals surface area contributed by atoms with Gasteiger partial charge in [0.15, 0.2) is 0 Å². The third-order valence-corrected chi connectivity index (χ3v) is 6.08. The Hall–Kier alpha value is -0.420. The second-order valence-electron chi connectivity index (χ2n) is 5.47. The number of rotatable bonds is 4. The summed E-state index contributed by atoms with van der Waals surface area (Å²) in [6, 6.07) is 0. The first-order valence-electron chi connectivity index (χ1n) is 6.65. The first-order chi connectivity index (χ1) is 8.56. The fourth-order valence-electron chi connectivity index (χ4n) is 2.78. The van der Waals surface area contributed by atoms with E-state index in [1.807, 2.05) is 0 Å². The molecule has 3 unspecified atom stereocenters. The van der Waals surface area contributed by atoms with Crippen molar-refractivity contribution in [3.63, 3.8) is 0 Å². The lowest BCUT2D eigenvalue weighted by atomic mass is 9.75. The number of carbonyl (C=O) groups is 1. The summed E-state index contributed by atoms with van der Waals surface area (Å²) in [5.74, 6) is -0.141. The number of methoxy groups -OCH3 is 1. The third kappa shape index (κ3) is 2.94. The predicted octanol–water partition coefficient (Wildman–Crippen LogP) is 1.65. The summed E-state index contributed by atoms with van der Waals surface area (Å²) in [7, 11) is 0.421. The Morgan fingerprint density at radius 3 is 2.83 bits per heavy atom. The molecule has 0 amide bonds. The minimum atomic E-state index is -0.954. The standard InChI is InChI=1S/C13H22O4S/c1-10(12(14)16-2)9-18(15)11-4-7-17-13(8-11)5-3-6-13/h10-11H,3-9H2,1-2H3. The highest BCUT2D eigenvalue weighted by atomic mass is 32.2. The van der Waals surface area contributed by atoms with Gasteiger partial charge >= 0.3 is 5.97 Å². The first-order valence-corrected chi connectivity index (χ1v) is 8.03. The lowest BCUT2D eigenvalue weighted by Crippen LogP contribution is -2.48. The molecule has 3 atom stereocenters. The van der Waals surface area contributed by atoms with Crippen LogP contribution in [-0.4, -0.2) is 40.5 Å². The van der Waals surface area contributed by atoms with Crippen LogP contribution in [0.15, 0.2) is 0 Å². The summed E-state index contributed by atoms with van der Waals surface area (Å²) in [5.41, 5.74) is 0.0209. The summed E-state index contributed by atoms with van der Waals surface area (Å²) < 4.78 is 22.8. The van der Waals surface area contributed by atoms with E-state index < -0.39 is 10.8 Å². The second-order valence-corrected chi connectivity index (χ2v) is 7.23. The molecule has 1 heterocycles. The Bertz CT molecular complexity index is 338. The molecule has 1 aliphatic carbocycles. The molecule has 2 aliphatic rings. The highest BCUT2D eigenvalue weighted by molar-refractivity contribution is 7.85. The van der Waals surface area contributed by atoms with Crippen molar-refractivity contribution < 1.29 is 18.5 Å². The second kappa shape index (κ2) is 5.70. The minimum Gasteiger partial charge on any atom is -0.469 e. The summed E-state index contributed by atoms with van der Waals surface area (Å²) in [6.07, 6.45) is 5.17. The van der Waals surface area contributed by atoms with E-state index in [1.165, 1.54) is 13.5 Å². The highest BCUT2D eigenvalue weighted by Crippen LogP contribution is 2.43. The van der Waals surface area contributed by atoms with Crippen LogP contribution >= 0.6 is 0 Å². The quantitative estimate of drug-likeness (QED) is 0.731. The van der Waals surface area contributed by atoms with Crippen LogP contribution in [0.4, 0.5) is 0 Å². The van der Waals surface area contributed by atoms with Crippen molar-refractivity contribution in [3.8, 4) is 0 Å². The van der Waals surface area contributed by atoms with Gasteiger partial charge in [-0.15, -0.1) is 0 Å². The number of ether oxygens (including phenoxy) is 2. The van der Waals surface area contributed by atoms with E-state index in [4.69, 9.17) is 4.74 Å². The monoisotopic (exact) mass is 274 g/mol. The van der Waals surface area contributed by atoms with Crippen LogP contribution in [-0.2, 0) is 25.1 Å². The first kappa shape index (κ1) is 14.0. The fraction of sp³-hybridized carbons (Fsp3) is 0.923. The van der Waals surface area contributed by atoms with E-state index >= 15 is 0 Å². The molecule has 18 heavy (non-hydrogen) atoms. The lowest BCUT2D eigenvalue weighted by Gasteiger charge is -2.47. The molecule has 1 aliphatic heterocycles. The molecule has 5 heteroatoms. The average Bonchev–Trinajstić information content (AvgIpc) is 2.35. The summed E-state index contributed by atoms with van der Waals surface area (Å²) in [4.78, 5) is 11.3. The number of esters is 1. The van der Waals surface area contributed by atoms with E-state index in [0.29, 0.717) is 12.4 Å². The molecule has 104 valence electrons. The van der Waals surface area contributed by atoms with Crippen molar-refractivity contribution in [2.24, 2.45) is 5.92 Å². The maximum Gasteiger partial charge on any atom is 0.309 e. The molecule has 2 fully saturated rings. The van der Waals surface area contributed by atoms with Crippen LogP contribution in [0.2, 0.25) is 0 Å². The smallest absolute Gasteiger partial charge is 0.309 e. The van der Waals surface area contributed by atoms with Crippen molar-refractivity contribution in [1.82, 2.24) is 0 Å². The van der Waals surface area contributed by atoms with Crippen LogP contribution < -0.4 is 0 Å². The van der Waals surface area contributed by atoms with Gasteiger partial charge in [0, 0.05) is 28.4 Å². The minimum absolute atomic E-state index is 0.0209. The van der Waals surface area contributed by atoms with E-state index in [9.17, 15) is 9.00 Å². The number of carbonyl (C=O) groups excluding carboxylic acids is 1. The molecule has 2 rings (SSSR count). The molecular weight excluding hydrogens is 252 g/mol. The highest BCUT2D eigenvalue weighted by Gasteiger charge is 2.44. The van der Waals surface area contributed by atoms with Crippen LogP contribution in [0.1, 0.15) is 39.0 Å². The zero-order chi connectivity index (χ0) is 13.2. The van der Waals surface area contributed by atoms with Crippen LogP contribution in [0.25, 0.3) is 0 Å². The largest absolute Gasteiger partial charge is 0.469 e. The number of hydrogen-bond acceptors (Lipinski definition) is 4. The third-order valence-electron chi connectivity index (χ3n) is 4.10. The van der Waals surface area contributed by atoms with Gasteiger partial charge in [-0.2, -0.15) is 0 Å². The molecule has 0 aromatic rings. The van der Waals surface area contributed by atoms with Crippen molar-refractivity contribution in [2.75, 3.05) is 19.5 Å². The maximum atomic E-state index is 12.3. The van der Waals surface area contributed by atoms with Gasteiger partial charge in [-0.05, 0) is 32.1 Å². The van der Waals surface area contributed by atoms with Crippen LogP contribution in [0.3, 0.4) is 0 Å². The van der Waals surface area contributed by atoms with E-state index in [1.54, 1.807) is 6.92 Å². The van der Waals surface area contributed by atoms with E-state index in [-0.39, 0.29) is 22.7 Å². The van der Waals surface area contributed by atoms with Gasteiger partial charge in [0.1, 0.15) is 0 Å². The molecule has 0 aromatic carbocycles. The Morgan fingerprint density at radius 1 is 1.56 bits per heavy atom. The molecule has 4 nitrogen and oxygen atoms in total. The van der Waals surface area contributed by atoms with Crippen LogP contribution in [0, 0.1) is 5.92 Å². The maximum absolute atomic E-state index is 12.3. The molecule has 1 spiro atoms. The van der Waals surface area contributed by atoms with Gasteiger partial charge in [0.2, 0.25) is 0 Å². The van der Waals surface area contributed by atoms with Gasteiger partial charge in [0.25, 0.3) is 0 Å². The van der Waals surface area contributed by atoms with Crippen molar-refractivity contribution in [2.45, 2.75) is 49.9 Å². The summed E-state index contributed by atoms with van der Waals surface area (Å²) in [6.45, 7) is 2.49. The Labute approximate surface area is 111 Å². The number of hydrogen-bond donors (Lipinski definition) is 0. The fourth-order valence-corrected chi connectivity index (χ4v) is 4.53. The molecule has 0 N–H and O–H groups in total. The summed E-state index contributed by atoms with van der Waals surface area (Å²) >= 11 is 0. The zero-order valence-corrected chi connectivity index (χ0v) is 12.0. The summed E-state index contributed by atoms with van der Waals surface area (Å²) in [5, 5.41) is 0.186. The molecule has 0 bridgehead atoms. The lowest BCUT2D eigenvalue weighted by molar-refractivity contribution is -0.144. The molecule has 1 saturated carbocycles. The SMILES string of the molecule is COC(=O)C(C)CS(=O)C1CCOC2(CCC2)C1. The van der Waals surface area contributed by atoms with Gasteiger partial charge in [-0.1, -0.05) is 6.92 Å². The zero-order valence-electron chi connectivity index (χ0n) is 11.1. The van der Waals surface area contributed by atoms with Crippen molar-refractivity contribution in [3.05, 3.63) is 0 Å².